The summed E-state index contributed by atoms with van der Waals surface area (Å²) in [5, 5.41) is 0. The van der Waals surface area contributed by atoms with Crippen molar-refractivity contribution >= 4 is 0 Å². The number of hydrogen-bond acceptors (Lipinski definition) is 4. The molecule has 19 heavy (non-hydrogen) atoms. The van der Waals surface area contributed by atoms with Gasteiger partial charge in [0.15, 0.2) is 0 Å². The predicted octanol–water partition coefficient (Wildman–Crippen LogP) is 1.25. The minimum absolute atomic E-state index is 0.277. The first-order valence-electron chi connectivity index (χ1n) is 6.70. The molecule has 1 heterocycles. The number of nitrogens with two attached hydrogens (primary N) is 1. The lowest BCUT2D eigenvalue weighted by Crippen LogP contribution is -2.47. The molecule has 0 radical (unpaired) electrons. The minimum atomic E-state index is -0.277. The van der Waals surface area contributed by atoms with Crippen LogP contribution in [0.2, 0.25) is 0 Å². The second kappa shape index (κ2) is 7.43. The van der Waals surface area contributed by atoms with E-state index in [1.165, 1.54) is 12.1 Å². The Morgan fingerprint density at radius 2 is 2.16 bits per heavy atom. The molecule has 2 rings (SSSR count). The van der Waals surface area contributed by atoms with Crippen LogP contribution in [0.4, 0.5) is 4.39 Å². The summed E-state index contributed by atoms with van der Waals surface area (Å²) in [6.07, 6.45) is 0.840. The molecule has 1 aliphatic rings. The van der Waals surface area contributed by atoms with Crippen molar-refractivity contribution in [3.8, 4) is 5.75 Å². The van der Waals surface area contributed by atoms with E-state index in [4.69, 9.17) is 15.2 Å². The Hall–Kier alpha value is -1.17. The molecule has 1 saturated heterocycles. The van der Waals surface area contributed by atoms with Crippen molar-refractivity contribution in [3.63, 3.8) is 0 Å². The summed E-state index contributed by atoms with van der Waals surface area (Å²) < 4.78 is 23.9. The van der Waals surface area contributed by atoms with Crippen LogP contribution >= 0.6 is 0 Å². The Morgan fingerprint density at radius 1 is 1.37 bits per heavy atom. The van der Waals surface area contributed by atoms with Crippen LogP contribution in [-0.2, 0) is 4.74 Å². The van der Waals surface area contributed by atoms with Gasteiger partial charge in [-0.05, 0) is 18.6 Å². The van der Waals surface area contributed by atoms with Gasteiger partial charge >= 0.3 is 0 Å². The summed E-state index contributed by atoms with van der Waals surface area (Å²) >= 11 is 0. The van der Waals surface area contributed by atoms with Crippen LogP contribution in [0, 0.1) is 5.82 Å². The molecule has 2 N–H and O–H groups in total. The summed E-state index contributed by atoms with van der Waals surface area (Å²) in [4.78, 5) is 2.33. The molecule has 0 amide bonds. The molecular weight excluding hydrogens is 247 g/mol. The molecule has 0 spiro atoms. The van der Waals surface area contributed by atoms with Crippen LogP contribution < -0.4 is 10.5 Å². The number of nitrogens with zero attached hydrogens (tertiary/aromatic N) is 1. The number of halogens is 1. The van der Waals surface area contributed by atoms with Crippen molar-refractivity contribution in [2.45, 2.75) is 12.5 Å². The molecule has 1 unspecified atom stereocenters. The van der Waals surface area contributed by atoms with Gasteiger partial charge < -0.3 is 15.2 Å². The van der Waals surface area contributed by atoms with E-state index in [0.717, 1.165) is 32.7 Å². The first kappa shape index (κ1) is 14.2. The fourth-order valence-electron chi connectivity index (χ4n) is 2.26. The zero-order valence-corrected chi connectivity index (χ0v) is 11.1. The third kappa shape index (κ3) is 4.45. The van der Waals surface area contributed by atoms with Crippen molar-refractivity contribution in [2.75, 3.05) is 39.5 Å². The highest BCUT2D eigenvalue weighted by atomic mass is 19.1. The highest BCUT2D eigenvalue weighted by molar-refractivity contribution is 5.22. The Labute approximate surface area is 113 Å². The predicted molar refractivity (Wildman–Crippen MR) is 71.7 cm³/mol. The van der Waals surface area contributed by atoms with Crippen molar-refractivity contribution in [1.82, 2.24) is 4.90 Å². The summed E-state index contributed by atoms with van der Waals surface area (Å²) in [6.45, 7) is 4.52. The second-order valence-corrected chi connectivity index (χ2v) is 4.63. The monoisotopic (exact) mass is 268 g/mol. The molecule has 106 valence electrons. The lowest BCUT2D eigenvalue weighted by atomic mass is 10.1. The van der Waals surface area contributed by atoms with Crippen LogP contribution in [-0.4, -0.2) is 50.4 Å². The van der Waals surface area contributed by atoms with Crippen LogP contribution in [0.1, 0.15) is 6.42 Å². The van der Waals surface area contributed by atoms with Gasteiger partial charge in [0.05, 0.1) is 19.8 Å². The van der Waals surface area contributed by atoms with Crippen LogP contribution in [0.15, 0.2) is 24.3 Å². The van der Waals surface area contributed by atoms with E-state index in [0.29, 0.717) is 24.9 Å². The fourth-order valence-corrected chi connectivity index (χ4v) is 2.26. The Balaban J connectivity index is 1.76. The topological polar surface area (TPSA) is 47.7 Å². The third-order valence-corrected chi connectivity index (χ3v) is 3.35. The molecule has 0 saturated carbocycles. The lowest BCUT2D eigenvalue weighted by Gasteiger charge is -2.33. The van der Waals surface area contributed by atoms with E-state index < -0.39 is 0 Å². The average molecular weight is 268 g/mol. The van der Waals surface area contributed by atoms with Crippen molar-refractivity contribution in [3.05, 3.63) is 30.1 Å². The first-order chi connectivity index (χ1) is 9.29. The van der Waals surface area contributed by atoms with Gasteiger partial charge in [-0.3, -0.25) is 4.90 Å². The molecule has 1 atom stereocenters. The molecule has 1 aromatic rings. The number of morpholine rings is 1. The maximum atomic E-state index is 13.0. The Morgan fingerprint density at radius 3 is 2.84 bits per heavy atom. The normalized spacial score (nSPS) is 18.2. The molecule has 4 nitrogen and oxygen atoms in total. The molecule has 0 aliphatic carbocycles. The third-order valence-electron chi connectivity index (χ3n) is 3.35. The van der Waals surface area contributed by atoms with Crippen LogP contribution in [0.25, 0.3) is 0 Å². The second-order valence-electron chi connectivity index (χ2n) is 4.63. The van der Waals surface area contributed by atoms with E-state index in [1.54, 1.807) is 12.1 Å². The number of ether oxygens (including phenoxy) is 2. The first-order valence-corrected chi connectivity index (χ1v) is 6.70. The van der Waals surface area contributed by atoms with E-state index in [-0.39, 0.29) is 5.82 Å². The molecule has 1 aromatic carbocycles. The van der Waals surface area contributed by atoms with Crippen molar-refractivity contribution in [1.29, 1.82) is 0 Å². The van der Waals surface area contributed by atoms with Gasteiger partial charge in [-0.25, -0.2) is 4.39 Å². The minimum Gasteiger partial charge on any atom is -0.493 e. The largest absolute Gasteiger partial charge is 0.493 e. The summed E-state index contributed by atoms with van der Waals surface area (Å²) in [5.74, 6) is 0.291. The van der Waals surface area contributed by atoms with Gasteiger partial charge in [0.1, 0.15) is 11.6 Å². The number of rotatable bonds is 6. The molecule has 0 bridgehead atoms. The van der Waals surface area contributed by atoms with Gasteiger partial charge in [0.25, 0.3) is 0 Å². The van der Waals surface area contributed by atoms with Crippen LogP contribution in [0.5, 0.6) is 5.75 Å². The summed E-state index contributed by atoms with van der Waals surface area (Å²) in [5.41, 5.74) is 5.81. The standard InChI is InChI=1S/C14H21FN2O2/c15-12-2-1-3-14(10-12)19-7-4-13(11-16)17-5-8-18-9-6-17/h1-3,10,13H,4-9,11,16H2. The summed E-state index contributed by atoms with van der Waals surface area (Å²) in [7, 11) is 0. The van der Waals surface area contributed by atoms with Gasteiger partial charge in [-0.1, -0.05) is 6.07 Å². The average Bonchev–Trinajstić information content (AvgIpc) is 2.45. The fraction of sp³-hybridized carbons (Fsp3) is 0.571. The van der Waals surface area contributed by atoms with Gasteiger partial charge in [0.2, 0.25) is 0 Å². The zero-order valence-electron chi connectivity index (χ0n) is 11.1. The Kier molecular flexibility index (Phi) is 5.57. The van der Waals surface area contributed by atoms with Crippen molar-refractivity contribution in [2.24, 2.45) is 5.73 Å². The molecular formula is C14H21FN2O2. The van der Waals surface area contributed by atoms with E-state index >= 15 is 0 Å². The van der Waals surface area contributed by atoms with Crippen LogP contribution in [0.3, 0.4) is 0 Å². The smallest absolute Gasteiger partial charge is 0.126 e. The summed E-state index contributed by atoms with van der Waals surface area (Å²) in [6, 6.07) is 6.51. The zero-order chi connectivity index (χ0) is 13.5. The molecule has 1 aliphatic heterocycles. The van der Waals surface area contributed by atoms with Crippen molar-refractivity contribution < 1.29 is 13.9 Å². The van der Waals surface area contributed by atoms with E-state index in [1.807, 2.05) is 0 Å². The van der Waals surface area contributed by atoms with E-state index in [2.05, 4.69) is 4.90 Å². The van der Waals surface area contributed by atoms with Gasteiger partial charge in [-0.15, -0.1) is 0 Å². The maximum Gasteiger partial charge on any atom is 0.126 e. The SMILES string of the molecule is NCC(CCOc1cccc(F)c1)N1CCOCC1. The number of benzene rings is 1. The number of hydrogen-bond donors (Lipinski definition) is 1. The molecule has 0 aromatic heterocycles. The quantitative estimate of drug-likeness (QED) is 0.843. The molecule has 1 fully saturated rings. The van der Waals surface area contributed by atoms with Gasteiger partial charge in [-0.2, -0.15) is 0 Å². The Bertz CT molecular complexity index is 383. The highest BCUT2D eigenvalue weighted by Gasteiger charge is 2.19. The lowest BCUT2D eigenvalue weighted by molar-refractivity contribution is 0.0140. The molecule has 5 heteroatoms. The maximum absolute atomic E-state index is 13.0. The van der Waals surface area contributed by atoms with Gasteiger partial charge in [0, 0.05) is 31.7 Å². The van der Waals surface area contributed by atoms with E-state index in [9.17, 15) is 4.39 Å². The highest BCUT2D eigenvalue weighted by Crippen LogP contribution is 2.13.